The van der Waals surface area contributed by atoms with Gasteiger partial charge in [0.2, 0.25) is 5.91 Å². The van der Waals surface area contributed by atoms with Gasteiger partial charge in [0.15, 0.2) is 0 Å². The van der Waals surface area contributed by atoms with Gasteiger partial charge in [-0.15, -0.1) is 0 Å². The van der Waals surface area contributed by atoms with Crippen LogP contribution in [-0.4, -0.2) is 66.5 Å². The van der Waals surface area contributed by atoms with Crippen molar-refractivity contribution in [1.29, 1.82) is 5.26 Å². The Morgan fingerprint density at radius 3 is 2.60 bits per heavy atom. The Kier molecular flexibility index (Phi) is 5.79. The predicted octanol–water partition coefficient (Wildman–Crippen LogP) is 0.921. The Morgan fingerprint density at radius 1 is 1.24 bits per heavy atom. The quantitative estimate of drug-likeness (QED) is 0.774. The lowest BCUT2D eigenvalue weighted by Gasteiger charge is -2.22. The third kappa shape index (κ3) is 4.06. The fourth-order valence-corrected chi connectivity index (χ4v) is 4.51. The van der Waals surface area contributed by atoms with Gasteiger partial charge < -0.3 is 20.4 Å². The van der Waals surface area contributed by atoms with Crippen LogP contribution in [0.25, 0.3) is 0 Å². The molecule has 3 atom stereocenters. The number of urea groups is 1. The number of carbonyl (C=O) groups is 2. The molecule has 3 rings (SSSR count). The molecule has 7 heteroatoms. The minimum Gasteiger partial charge on any atom is -0.338 e. The molecular formula is C18H29N5O2. The molecule has 0 aromatic rings. The van der Waals surface area contributed by atoms with E-state index >= 15 is 0 Å². The molecule has 2 heterocycles. The minimum absolute atomic E-state index is 0.0432. The summed E-state index contributed by atoms with van der Waals surface area (Å²) in [6.45, 7) is 5.47. The smallest absolute Gasteiger partial charge is 0.317 e. The topological polar surface area (TPSA) is 88.5 Å². The van der Waals surface area contributed by atoms with E-state index in [1.54, 1.807) is 4.90 Å². The number of amides is 3. The number of nitrogens with zero attached hydrogens (tertiary/aromatic N) is 3. The lowest BCUT2D eigenvalue weighted by Crippen LogP contribution is -2.43. The average Bonchev–Trinajstić information content (AvgIpc) is 3.30. The van der Waals surface area contributed by atoms with Gasteiger partial charge in [-0.1, -0.05) is 6.92 Å². The Bertz CT molecular complexity index is 532. The summed E-state index contributed by atoms with van der Waals surface area (Å²) < 4.78 is 0. The van der Waals surface area contributed by atoms with Crippen molar-refractivity contribution in [3.63, 3.8) is 0 Å². The summed E-state index contributed by atoms with van der Waals surface area (Å²) in [6, 6.07) is 2.39. The van der Waals surface area contributed by atoms with Gasteiger partial charge in [-0.3, -0.25) is 4.79 Å². The SMILES string of the molecule is CCCNC(=O)N1CC2CC(NCC(=O)N3CCC[C@H]3C#N)CC2C1. The molecule has 2 unspecified atom stereocenters. The number of nitrogens with one attached hydrogen (secondary N) is 2. The van der Waals surface area contributed by atoms with Gasteiger partial charge in [0.1, 0.15) is 6.04 Å². The largest absolute Gasteiger partial charge is 0.338 e. The number of hydrogen-bond donors (Lipinski definition) is 2. The van der Waals surface area contributed by atoms with E-state index in [1.165, 1.54) is 0 Å². The summed E-state index contributed by atoms with van der Waals surface area (Å²) in [5.74, 6) is 1.12. The molecule has 2 saturated heterocycles. The van der Waals surface area contributed by atoms with E-state index in [0.29, 0.717) is 31.0 Å². The first-order valence-electron chi connectivity index (χ1n) is 9.57. The Labute approximate surface area is 149 Å². The second-order valence-electron chi connectivity index (χ2n) is 7.58. The highest BCUT2D eigenvalue weighted by molar-refractivity contribution is 5.79. The van der Waals surface area contributed by atoms with Crippen molar-refractivity contribution in [2.75, 3.05) is 32.7 Å². The molecule has 0 spiro atoms. The maximum Gasteiger partial charge on any atom is 0.317 e. The average molecular weight is 347 g/mol. The zero-order valence-electron chi connectivity index (χ0n) is 15.0. The number of rotatable bonds is 5. The van der Waals surface area contributed by atoms with E-state index in [-0.39, 0.29) is 18.0 Å². The first-order valence-corrected chi connectivity index (χ1v) is 9.57. The molecule has 7 nitrogen and oxygen atoms in total. The molecular weight excluding hydrogens is 318 g/mol. The molecule has 2 N–H and O–H groups in total. The second-order valence-corrected chi connectivity index (χ2v) is 7.58. The van der Waals surface area contributed by atoms with Gasteiger partial charge in [-0.05, 0) is 43.9 Å². The van der Waals surface area contributed by atoms with Gasteiger partial charge in [0.25, 0.3) is 0 Å². The maximum absolute atomic E-state index is 12.3. The monoisotopic (exact) mass is 347 g/mol. The molecule has 2 aliphatic heterocycles. The van der Waals surface area contributed by atoms with E-state index in [1.807, 2.05) is 4.90 Å². The summed E-state index contributed by atoms with van der Waals surface area (Å²) in [4.78, 5) is 28.0. The van der Waals surface area contributed by atoms with Crippen LogP contribution in [0.1, 0.15) is 39.0 Å². The molecule has 0 radical (unpaired) electrons. The second kappa shape index (κ2) is 8.05. The summed E-state index contributed by atoms with van der Waals surface area (Å²) in [5, 5.41) is 15.4. The number of hydrogen-bond acceptors (Lipinski definition) is 4. The van der Waals surface area contributed by atoms with Crippen molar-refractivity contribution in [2.45, 2.75) is 51.1 Å². The number of carbonyl (C=O) groups excluding carboxylic acids is 2. The molecule has 1 aliphatic carbocycles. The summed E-state index contributed by atoms with van der Waals surface area (Å²) >= 11 is 0. The van der Waals surface area contributed by atoms with Crippen LogP contribution in [0.15, 0.2) is 0 Å². The van der Waals surface area contributed by atoms with Crippen molar-refractivity contribution in [1.82, 2.24) is 20.4 Å². The maximum atomic E-state index is 12.3. The van der Waals surface area contributed by atoms with Crippen molar-refractivity contribution < 1.29 is 9.59 Å². The van der Waals surface area contributed by atoms with Gasteiger partial charge in [0, 0.05) is 32.2 Å². The minimum atomic E-state index is -0.243. The normalized spacial score (nSPS) is 31.0. The van der Waals surface area contributed by atoms with Crippen molar-refractivity contribution in [2.24, 2.45) is 11.8 Å². The van der Waals surface area contributed by atoms with Crippen LogP contribution >= 0.6 is 0 Å². The zero-order valence-corrected chi connectivity index (χ0v) is 15.0. The van der Waals surface area contributed by atoms with Gasteiger partial charge in [-0.2, -0.15) is 5.26 Å². The fraction of sp³-hybridized carbons (Fsp3) is 0.833. The summed E-state index contributed by atoms with van der Waals surface area (Å²) in [6.07, 6.45) is 4.73. The summed E-state index contributed by atoms with van der Waals surface area (Å²) in [5.41, 5.74) is 0. The van der Waals surface area contributed by atoms with Crippen LogP contribution in [-0.2, 0) is 4.79 Å². The van der Waals surface area contributed by atoms with Crippen molar-refractivity contribution in [3.05, 3.63) is 0 Å². The van der Waals surface area contributed by atoms with Crippen LogP contribution in [0.5, 0.6) is 0 Å². The van der Waals surface area contributed by atoms with Crippen LogP contribution < -0.4 is 10.6 Å². The Hall–Kier alpha value is -1.81. The van der Waals surface area contributed by atoms with Crippen LogP contribution in [0.4, 0.5) is 4.79 Å². The summed E-state index contributed by atoms with van der Waals surface area (Å²) in [7, 11) is 0. The molecule has 0 aromatic heterocycles. The van der Waals surface area contributed by atoms with Gasteiger partial charge in [0.05, 0.1) is 12.6 Å². The molecule has 0 aromatic carbocycles. The highest BCUT2D eigenvalue weighted by Crippen LogP contribution is 2.38. The highest BCUT2D eigenvalue weighted by Gasteiger charge is 2.42. The van der Waals surface area contributed by atoms with Crippen molar-refractivity contribution in [3.8, 4) is 6.07 Å². The van der Waals surface area contributed by atoms with Crippen molar-refractivity contribution >= 4 is 11.9 Å². The predicted molar refractivity (Wildman–Crippen MR) is 93.6 cm³/mol. The number of nitriles is 1. The van der Waals surface area contributed by atoms with Crippen LogP contribution in [0.2, 0.25) is 0 Å². The third-order valence-electron chi connectivity index (χ3n) is 5.83. The van der Waals surface area contributed by atoms with E-state index in [2.05, 4.69) is 23.6 Å². The van der Waals surface area contributed by atoms with E-state index in [9.17, 15) is 9.59 Å². The molecule has 3 aliphatic rings. The standard InChI is InChI=1S/C18H29N5O2/c1-2-5-20-18(25)22-11-13-7-15(8-14(13)12-22)21-10-17(24)23-6-3-4-16(23)9-19/h13-16,21H,2-8,10-12H2,1H3,(H,20,25)/t13?,14?,15?,16-/m0/s1. The third-order valence-corrected chi connectivity index (χ3v) is 5.83. The number of likely N-dealkylation sites (tertiary alicyclic amines) is 2. The lowest BCUT2D eigenvalue weighted by atomic mass is 10.0. The molecule has 25 heavy (non-hydrogen) atoms. The molecule has 0 bridgehead atoms. The van der Waals surface area contributed by atoms with Gasteiger partial charge in [-0.25, -0.2) is 4.79 Å². The fourth-order valence-electron chi connectivity index (χ4n) is 4.51. The van der Waals surface area contributed by atoms with Crippen LogP contribution in [0.3, 0.4) is 0 Å². The first kappa shape index (κ1) is 18.0. The lowest BCUT2D eigenvalue weighted by molar-refractivity contribution is -0.130. The van der Waals surface area contributed by atoms with E-state index in [0.717, 1.165) is 51.7 Å². The van der Waals surface area contributed by atoms with Gasteiger partial charge >= 0.3 is 6.03 Å². The van der Waals surface area contributed by atoms with E-state index in [4.69, 9.17) is 5.26 Å². The Balaban J connectivity index is 1.40. The molecule has 138 valence electrons. The zero-order chi connectivity index (χ0) is 17.8. The first-order chi connectivity index (χ1) is 12.1. The molecule has 3 fully saturated rings. The highest BCUT2D eigenvalue weighted by atomic mass is 16.2. The van der Waals surface area contributed by atoms with E-state index < -0.39 is 0 Å². The molecule has 1 saturated carbocycles. The number of fused-ring (bicyclic) bond motifs is 1. The Morgan fingerprint density at radius 2 is 1.96 bits per heavy atom. The molecule has 3 amide bonds. The van der Waals surface area contributed by atoms with Crippen LogP contribution in [0, 0.1) is 23.2 Å².